The first-order chi connectivity index (χ1) is 11.0. The number of hydrogen-bond donors (Lipinski definition) is 2. The van der Waals surface area contributed by atoms with Gasteiger partial charge >= 0.3 is 0 Å². The van der Waals surface area contributed by atoms with Crippen LogP contribution in [0.5, 0.6) is 0 Å². The second-order valence-electron chi connectivity index (χ2n) is 4.78. The van der Waals surface area contributed by atoms with Crippen molar-refractivity contribution in [3.63, 3.8) is 0 Å². The van der Waals surface area contributed by atoms with Gasteiger partial charge in [-0.15, -0.1) is 0 Å². The van der Waals surface area contributed by atoms with Crippen molar-refractivity contribution >= 4 is 12.0 Å². The van der Waals surface area contributed by atoms with E-state index in [1.54, 1.807) is 0 Å². The van der Waals surface area contributed by atoms with Crippen molar-refractivity contribution < 1.29 is 23.1 Å². The number of rotatable bonds is 5. The van der Waals surface area contributed by atoms with Crippen LogP contribution in [0.25, 0.3) is 6.08 Å². The van der Waals surface area contributed by atoms with Gasteiger partial charge in [0.1, 0.15) is 23.6 Å². The first kappa shape index (κ1) is 16.8. The van der Waals surface area contributed by atoms with E-state index in [1.807, 2.05) is 0 Å². The molecule has 0 spiro atoms. The van der Waals surface area contributed by atoms with E-state index in [-0.39, 0.29) is 12.4 Å². The van der Waals surface area contributed by atoms with E-state index >= 15 is 0 Å². The minimum atomic E-state index is -1.50. The molecule has 1 atom stereocenters. The zero-order valence-corrected chi connectivity index (χ0v) is 12.0. The molecule has 6 heteroatoms. The Morgan fingerprint density at radius 1 is 1.09 bits per heavy atom. The number of carbonyl (C=O) groups is 1. The van der Waals surface area contributed by atoms with Crippen molar-refractivity contribution in [2.75, 3.05) is 6.54 Å². The molecule has 2 rings (SSSR count). The Bertz CT molecular complexity index is 694. The summed E-state index contributed by atoms with van der Waals surface area (Å²) in [5.41, 5.74) is 0.123. The SMILES string of the molecule is O=C(/C=C/c1ccc(F)cc1)NCC(O)c1c(F)cccc1F. The molecule has 2 aromatic rings. The lowest BCUT2D eigenvalue weighted by atomic mass is 10.1. The molecule has 0 aliphatic rings. The number of carbonyl (C=O) groups excluding carboxylic acids is 1. The highest BCUT2D eigenvalue weighted by molar-refractivity contribution is 5.91. The van der Waals surface area contributed by atoms with Gasteiger partial charge in [-0.2, -0.15) is 0 Å². The number of amides is 1. The quantitative estimate of drug-likeness (QED) is 0.832. The van der Waals surface area contributed by atoms with Crippen LogP contribution in [0, 0.1) is 17.5 Å². The molecule has 3 nitrogen and oxygen atoms in total. The Hall–Kier alpha value is -2.60. The monoisotopic (exact) mass is 321 g/mol. The largest absolute Gasteiger partial charge is 0.386 e. The molecule has 0 saturated carbocycles. The third-order valence-corrected chi connectivity index (χ3v) is 3.10. The third-order valence-electron chi connectivity index (χ3n) is 3.10. The molecule has 2 N–H and O–H groups in total. The average Bonchev–Trinajstić information content (AvgIpc) is 2.52. The van der Waals surface area contributed by atoms with Crippen LogP contribution in [0.4, 0.5) is 13.2 Å². The summed E-state index contributed by atoms with van der Waals surface area (Å²) in [5, 5.41) is 12.1. The van der Waals surface area contributed by atoms with E-state index in [4.69, 9.17) is 0 Å². The summed E-state index contributed by atoms with van der Waals surface area (Å²) < 4.78 is 39.7. The number of hydrogen-bond acceptors (Lipinski definition) is 2. The summed E-state index contributed by atoms with van der Waals surface area (Å²) in [6, 6.07) is 8.72. The minimum absolute atomic E-state index is 0.343. The normalized spacial score (nSPS) is 12.3. The van der Waals surface area contributed by atoms with Gasteiger partial charge in [-0.1, -0.05) is 18.2 Å². The van der Waals surface area contributed by atoms with Gasteiger partial charge in [-0.05, 0) is 35.9 Å². The standard InChI is InChI=1S/C17H14F3NO2/c18-12-7-4-11(5-8-12)6-9-16(23)21-10-15(22)17-13(19)2-1-3-14(17)20/h1-9,15,22H,10H2,(H,21,23)/b9-6+. The summed E-state index contributed by atoms with van der Waals surface area (Å²) in [5.74, 6) is -2.70. The summed E-state index contributed by atoms with van der Waals surface area (Å²) in [4.78, 5) is 11.6. The fraction of sp³-hybridized carbons (Fsp3) is 0.118. The summed E-state index contributed by atoms with van der Waals surface area (Å²) in [7, 11) is 0. The van der Waals surface area contributed by atoms with Crippen molar-refractivity contribution in [2.24, 2.45) is 0 Å². The molecular weight excluding hydrogens is 307 g/mol. The van der Waals surface area contributed by atoms with E-state index in [0.29, 0.717) is 5.56 Å². The van der Waals surface area contributed by atoms with Gasteiger partial charge in [0.15, 0.2) is 0 Å². The fourth-order valence-corrected chi connectivity index (χ4v) is 1.93. The predicted octanol–water partition coefficient (Wildman–Crippen LogP) is 2.97. The maximum absolute atomic E-state index is 13.5. The van der Waals surface area contributed by atoms with E-state index in [1.165, 1.54) is 42.5 Å². The van der Waals surface area contributed by atoms with E-state index in [2.05, 4.69) is 5.32 Å². The summed E-state index contributed by atoms with van der Waals surface area (Å²) in [6.45, 7) is -0.343. The molecule has 0 aromatic heterocycles. The zero-order chi connectivity index (χ0) is 16.8. The van der Waals surface area contributed by atoms with Crippen LogP contribution in [0.1, 0.15) is 17.2 Å². The van der Waals surface area contributed by atoms with Crippen LogP contribution in [0.15, 0.2) is 48.5 Å². The van der Waals surface area contributed by atoms with Gasteiger partial charge in [0, 0.05) is 12.6 Å². The molecule has 0 aliphatic carbocycles. The fourth-order valence-electron chi connectivity index (χ4n) is 1.93. The number of halogens is 3. The van der Waals surface area contributed by atoms with Gasteiger partial charge in [0.05, 0.1) is 5.56 Å². The van der Waals surface area contributed by atoms with Crippen LogP contribution in [-0.2, 0) is 4.79 Å². The molecule has 120 valence electrons. The molecule has 1 amide bonds. The molecule has 0 saturated heterocycles. The smallest absolute Gasteiger partial charge is 0.244 e. The molecular formula is C17H14F3NO2. The van der Waals surface area contributed by atoms with Gasteiger partial charge < -0.3 is 10.4 Å². The van der Waals surface area contributed by atoms with Crippen LogP contribution in [-0.4, -0.2) is 17.6 Å². The van der Waals surface area contributed by atoms with E-state index < -0.39 is 29.2 Å². The molecule has 0 aliphatic heterocycles. The lowest BCUT2D eigenvalue weighted by Gasteiger charge is -2.13. The molecule has 0 fully saturated rings. The maximum atomic E-state index is 13.5. The summed E-state index contributed by atoms with van der Waals surface area (Å²) in [6.07, 6.45) is 1.13. The van der Waals surface area contributed by atoms with Crippen LogP contribution in [0.2, 0.25) is 0 Å². The Morgan fingerprint density at radius 2 is 1.70 bits per heavy atom. The van der Waals surface area contributed by atoms with Crippen LogP contribution in [0.3, 0.4) is 0 Å². The lowest BCUT2D eigenvalue weighted by molar-refractivity contribution is -0.116. The molecule has 23 heavy (non-hydrogen) atoms. The van der Waals surface area contributed by atoms with Crippen molar-refractivity contribution in [1.82, 2.24) is 5.32 Å². The Morgan fingerprint density at radius 3 is 2.30 bits per heavy atom. The first-order valence-corrected chi connectivity index (χ1v) is 6.81. The lowest BCUT2D eigenvalue weighted by Crippen LogP contribution is -2.27. The van der Waals surface area contributed by atoms with Crippen molar-refractivity contribution in [3.05, 3.63) is 77.1 Å². The zero-order valence-electron chi connectivity index (χ0n) is 12.0. The second-order valence-corrected chi connectivity index (χ2v) is 4.78. The maximum Gasteiger partial charge on any atom is 0.244 e. The van der Waals surface area contributed by atoms with Gasteiger partial charge in [0.25, 0.3) is 0 Å². The number of aliphatic hydroxyl groups excluding tert-OH is 1. The highest BCUT2D eigenvalue weighted by atomic mass is 19.1. The molecule has 0 heterocycles. The van der Waals surface area contributed by atoms with Crippen LogP contribution >= 0.6 is 0 Å². The molecule has 2 aromatic carbocycles. The topological polar surface area (TPSA) is 49.3 Å². The van der Waals surface area contributed by atoms with E-state index in [0.717, 1.165) is 12.1 Å². The first-order valence-electron chi connectivity index (χ1n) is 6.81. The van der Waals surface area contributed by atoms with Gasteiger partial charge in [-0.3, -0.25) is 4.79 Å². The Kier molecular flexibility index (Phi) is 5.54. The number of nitrogens with one attached hydrogen (secondary N) is 1. The highest BCUT2D eigenvalue weighted by Crippen LogP contribution is 2.19. The van der Waals surface area contributed by atoms with Crippen molar-refractivity contribution in [3.8, 4) is 0 Å². The van der Waals surface area contributed by atoms with Gasteiger partial charge in [0.2, 0.25) is 5.91 Å². The number of benzene rings is 2. The minimum Gasteiger partial charge on any atom is -0.386 e. The predicted molar refractivity (Wildman–Crippen MR) is 79.8 cm³/mol. The highest BCUT2D eigenvalue weighted by Gasteiger charge is 2.17. The molecule has 0 bridgehead atoms. The molecule has 1 unspecified atom stereocenters. The third kappa shape index (κ3) is 4.69. The van der Waals surface area contributed by atoms with Crippen LogP contribution < -0.4 is 5.32 Å². The Labute approximate surface area is 131 Å². The van der Waals surface area contributed by atoms with Gasteiger partial charge in [-0.25, -0.2) is 13.2 Å². The van der Waals surface area contributed by atoms with E-state index in [9.17, 15) is 23.1 Å². The van der Waals surface area contributed by atoms with Crippen molar-refractivity contribution in [1.29, 1.82) is 0 Å². The molecule has 0 radical (unpaired) electrons. The second kappa shape index (κ2) is 7.60. The summed E-state index contributed by atoms with van der Waals surface area (Å²) >= 11 is 0. The number of aliphatic hydroxyl groups is 1. The van der Waals surface area contributed by atoms with Crippen molar-refractivity contribution in [2.45, 2.75) is 6.10 Å². The average molecular weight is 321 g/mol. The Balaban J connectivity index is 1.92.